The Hall–Kier alpha value is -1.14. The van der Waals surface area contributed by atoms with Gasteiger partial charge in [0, 0.05) is 17.1 Å². The van der Waals surface area contributed by atoms with Crippen LogP contribution >= 0.6 is 27.3 Å². The van der Waals surface area contributed by atoms with E-state index in [-0.39, 0.29) is 5.56 Å². The van der Waals surface area contributed by atoms with Crippen molar-refractivity contribution >= 4 is 27.3 Å². The van der Waals surface area contributed by atoms with Gasteiger partial charge in [-0.1, -0.05) is 17.3 Å². The van der Waals surface area contributed by atoms with E-state index < -0.39 is 11.9 Å². The first-order valence-electron chi connectivity index (χ1n) is 4.40. The minimum Gasteiger partial charge on any atom is -0.247 e. The second kappa shape index (κ2) is 4.80. The van der Waals surface area contributed by atoms with Crippen LogP contribution in [0.15, 0.2) is 39.4 Å². The zero-order valence-corrected chi connectivity index (χ0v) is 10.3. The molecule has 2 aromatic rings. The highest BCUT2D eigenvalue weighted by atomic mass is 79.9. The molecule has 0 fully saturated rings. The quantitative estimate of drug-likeness (QED) is 0.807. The summed E-state index contributed by atoms with van der Waals surface area (Å²) in [6, 6.07) is 3.89. The monoisotopic (exact) mass is 300 g/mol. The van der Waals surface area contributed by atoms with E-state index in [1.807, 2.05) is 0 Å². The topological polar surface area (TPSA) is 42.3 Å². The predicted molar refractivity (Wildman–Crippen MR) is 63.9 cm³/mol. The minimum absolute atomic E-state index is 0.235. The normalized spacial score (nSPS) is 12.4. The Balaban J connectivity index is 2.49. The molecule has 1 aromatic heterocycles. The van der Waals surface area contributed by atoms with Crippen LogP contribution in [0.1, 0.15) is 16.6 Å². The van der Waals surface area contributed by atoms with Crippen LogP contribution in [0.5, 0.6) is 0 Å². The van der Waals surface area contributed by atoms with Crippen molar-refractivity contribution in [3.05, 3.63) is 55.5 Å². The van der Waals surface area contributed by atoms with Gasteiger partial charge in [-0.25, -0.2) is 9.37 Å². The number of benzene rings is 1. The van der Waals surface area contributed by atoms with Crippen molar-refractivity contribution < 1.29 is 4.39 Å². The van der Waals surface area contributed by atoms with Gasteiger partial charge in [-0.2, -0.15) is 0 Å². The Bertz CT molecular complexity index is 504. The van der Waals surface area contributed by atoms with Gasteiger partial charge in [0.15, 0.2) is 6.04 Å². The zero-order chi connectivity index (χ0) is 11.5. The molecule has 0 amide bonds. The van der Waals surface area contributed by atoms with Crippen molar-refractivity contribution in [1.82, 2.24) is 4.98 Å². The molecule has 0 saturated heterocycles. The first-order valence-corrected chi connectivity index (χ1v) is 6.07. The van der Waals surface area contributed by atoms with Gasteiger partial charge in [-0.3, -0.25) is 0 Å². The summed E-state index contributed by atoms with van der Waals surface area (Å²) in [5, 5.41) is 5.16. The minimum atomic E-state index is -0.877. The summed E-state index contributed by atoms with van der Waals surface area (Å²) in [5.41, 5.74) is 0.235. The van der Waals surface area contributed by atoms with Crippen molar-refractivity contribution in [3.8, 4) is 0 Å². The highest BCUT2D eigenvalue weighted by molar-refractivity contribution is 9.10. The fourth-order valence-corrected chi connectivity index (χ4v) is 2.40. The highest BCUT2D eigenvalue weighted by Crippen LogP contribution is 2.31. The number of rotatable bonds is 3. The molecule has 1 heterocycles. The highest BCUT2D eigenvalue weighted by Gasteiger charge is 2.22. The first kappa shape index (κ1) is 11.3. The Kier molecular flexibility index (Phi) is 3.40. The average Bonchev–Trinajstić information content (AvgIpc) is 2.79. The largest absolute Gasteiger partial charge is 0.247 e. The third kappa shape index (κ3) is 2.03. The molecule has 0 N–H and O–H groups in total. The van der Waals surface area contributed by atoms with Crippen LogP contribution in [-0.4, -0.2) is 4.98 Å². The summed E-state index contributed by atoms with van der Waals surface area (Å²) in [7, 11) is 0. The SMILES string of the molecule is O=NC(c1nccs1)c1cccc(Br)c1F. The molecule has 1 atom stereocenters. The van der Waals surface area contributed by atoms with Crippen molar-refractivity contribution in [1.29, 1.82) is 0 Å². The van der Waals surface area contributed by atoms with Gasteiger partial charge in [0.2, 0.25) is 0 Å². The van der Waals surface area contributed by atoms with E-state index in [0.29, 0.717) is 9.48 Å². The van der Waals surface area contributed by atoms with Crippen LogP contribution in [0, 0.1) is 10.7 Å². The summed E-state index contributed by atoms with van der Waals surface area (Å²) < 4.78 is 14.1. The van der Waals surface area contributed by atoms with Gasteiger partial charge in [-0.15, -0.1) is 16.2 Å². The maximum Gasteiger partial charge on any atom is 0.171 e. The van der Waals surface area contributed by atoms with E-state index >= 15 is 0 Å². The summed E-state index contributed by atoms with van der Waals surface area (Å²) in [6.07, 6.45) is 1.56. The summed E-state index contributed by atoms with van der Waals surface area (Å²) in [5.74, 6) is -0.470. The van der Waals surface area contributed by atoms with E-state index in [4.69, 9.17) is 0 Å². The van der Waals surface area contributed by atoms with Crippen LogP contribution in [0.2, 0.25) is 0 Å². The Morgan fingerprint density at radius 3 is 2.94 bits per heavy atom. The third-order valence-electron chi connectivity index (χ3n) is 2.07. The number of hydrogen-bond acceptors (Lipinski definition) is 4. The predicted octanol–water partition coefficient (Wildman–Crippen LogP) is 3.90. The van der Waals surface area contributed by atoms with Gasteiger partial charge >= 0.3 is 0 Å². The van der Waals surface area contributed by atoms with Crippen LogP contribution < -0.4 is 0 Å². The molecule has 3 nitrogen and oxygen atoms in total. The van der Waals surface area contributed by atoms with Crippen LogP contribution in [-0.2, 0) is 0 Å². The molecule has 82 valence electrons. The Morgan fingerprint density at radius 1 is 1.50 bits per heavy atom. The lowest BCUT2D eigenvalue weighted by Crippen LogP contribution is -2.00. The second-order valence-corrected chi connectivity index (χ2v) is 4.80. The fourth-order valence-electron chi connectivity index (χ4n) is 1.34. The van der Waals surface area contributed by atoms with Gasteiger partial charge in [0.1, 0.15) is 10.8 Å². The lowest BCUT2D eigenvalue weighted by atomic mass is 10.1. The lowest BCUT2D eigenvalue weighted by molar-refractivity contribution is 0.592. The number of thiazole rings is 1. The number of aromatic nitrogens is 1. The van der Waals surface area contributed by atoms with Crippen molar-refractivity contribution in [2.24, 2.45) is 5.18 Å². The zero-order valence-electron chi connectivity index (χ0n) is 7.93. The average molecular weight is 301 g/mol. The fraction of sp³-hybridized carbons (Fsp3) is 0.100. The molecular weight excluding hydrogens is 295 g/mol. The number of nitrogens with zero attached hydrogens (tertiary/aromatic N) is 2. The van der Waals surface area contributed by atoms with Crippen molar-refractivity contribution in [2.75, 3.05) is 0 Å². The van der Waals surface area contributed by atoms with Crippen LogP contribution in [0.4, 0.5) is 4.39 Å². The maximum absolute atomic E-state index is 13.8. The smallest absolute Gasteiger partial charge is 0.171 e. The van der Waals surface area contributed by atoms with Crippen LogP contribution in [0.3, 0.4) is 0 Å². The number of halogens is 2. The third-order valence-corrected chi connectivity index (χ3v) is 3.51. The van der Waals surface area contributed by atoms with E-state index in [9.17, 15) is 9.30 Å². The van der Waals surface area contributed by atoms with Gasteiger partial charge in [0.05, 0.1) is 4.47 Å². The standard InChI is InChI=1S/C10H6BrFN2OS/c11-7-3-1-2-6(8(7)12)9(14-15)10-13-4-5-16-10/h1-5,9H. The van der Waals surface area contributed by atoms with E-state index in [1.54, 1.807) is 23.7 Å². The van der Waals surface area contributed by atoms with E-state index in [1.165, 1.54) is 17.4 Å². The van der Waals surface area contributed by atoms with E-state index in [2.05, 4.69) is 26.1 Å². The molecule has 0 bridgehead atoms. The van der Waals surface area contributed by atoms with Crippen LogP contribution in [0.25, 0.3) is 0 Å². The molecule has 0 radical (unpaired) electrons. The Morgan fingerprint density at radius 2 is 2.31 bits per heavy atom. The molecule has 0 aliphatic carbocycles. The molecular formula is C10H6BrFN2OS. The molecule has 0 aliphatic rings. The molecule has 1 unspecified atom stereocenters. The number of hydrogen-bond donors (Lipinski definition) is 0. The van der Waals surface area contributed by atoms with Gasteiger partial charge < -0.3 is 0 Å². The molecule has 16 heavy (non-hydrogen) atoms. The van der Waals surface area contributed by atoms with E-state index in [0.717, 1.165) is 0 Å². The van der Waals surface area contributed by atoms with Gasteiger partial charge in [0.25, 0.3) is 0 Å². The molecule has 0 aliphatic heterocycles. The van der Waals surface area contributed by atoms with Crippen molar-refractivity contribution in [3.63, 3.8) is 0 Å². The summed E-state index contributed by atoms with van der Waals surface area (Å²) in [4.78, 5) is 14.8. The molecule has 2 rings (SSSR count). The van der Waals surface area contributed by atoms with Crippen molar-refractivity contribution in [2.45, 2.75) is 6.04 Å². The molecule has 1 aromatic carbocycles. The lowest BCUT2D eigenvalue weighted by Gasteiger charge is -2.08. The Labute approximate surface area is 103 Å². The molecule has 0 saturated carbocycles. The first-order chi connectivity index (χ1) is 7.74. The molecule has 6 heteroatoms. The summed E-state index contributed by atoms with van der Waals surface area (Å²) >= 11 is 4.35. The molecule has 0 spiro atoms. The summed E-state index contributed by atoms with van der Waals surface area (Å²) in [6.45, 7) is 0. The number of nitroso groups, excluding NO2 is 1. The second-order valence-electron chi connectivity index (χ2n) is 3.02. The van der Waals surface area contributed by atoms with Gasteiger partial charge in [-0.05, 0) is 22.0 Å². The maximum atomic E-state index is 13.8.